The number of rotatable bonds is 8. The highest BCUT2D eigenvalue weighted by molar-refractivity contribution is 7.89. The van der Waals surface area contributed by atoms with Crippen LogP contribution < -0.4 is 9.46 Å². The van der Waals surface area contributed by atoms with Crippen LogP contribution in [-0.4, -0.2) is 31.5 Å². The Hall–Kier alpha value is -3.95. The lowest BCUT2D eigenvalue weighted by Gasteiger charge is -2.18. The molecule has 0 spiro atoms. The fourth-order valence-electron chi connectivity index (χ4n) is 3.77. The number of aryl methyl sites for hydroxylation is 1. The molecule has 0 fully saturated rings. The van der Waals surface area contributed by atoms with Gasteiger partial charge in [-0.1, -0.05) is 56.3 Å². The van der Waals surface area contributed by atoms with Crippen molar-refractivity contribution in [3.05, 3.63) is 84.1 Å². The van der Waals surface area contributed by atoms with Crippen LogP contribution in [0.15, 0.2) is 82.1 Å². The highest BCUT2D eigenvalue weighted by Crippen LogP contribution is 2.28. The van der Waals surface area contributed by atoms with Crippen molar-refractivity contribution in [2.24, 2.45) is 5.92 Å². The van der Waals surface area contributed by atoms with Crippen molar-refractivity contribution >= 4 is 32.9 Å². The van der Waals surface area contributed by atoms with Crippen molar-refractivity contribution in [3.8, 4) is 16.9 Å². The average Bonchev–Trinajstić information content (AvgIpc) is 3.19. The Morgan fingerprint density at radius 3 is 2.06 bits per heavy atom. The van der Waals surface area contributed by atoms with Crippen LogP contribution in [0, 0.1) is 12.8 Å². The molecule has 1 atom stereocenters. The number of ether oxygens (including phenoxy) is 1. The first-order chi connectivity index (χ1) is 17.1. The van der Waals surface area contributed by atoms with E-state index in [1.165, 1.54) is 12.1 Å². The lowest BCUT2D eigenvalue weighted by atomic mass is 10.1. The predicted octanol–water partition coefficient (Wildman–Crippen LogP) is 5.01. The van der Waals surface area contributed by atoms with Crippen molar-refractivity contribution in [2.45, 2.75) is 31.7 Å². The molecular formula is C27H25NO7S. The molecule has 0 aliphatic rings. The molecule has 3 aromatic carbocycles. The molecule has 0 saturated heterocycles. The van der Waals surface area contributed by atoms with Gasteiger partial charge in [0, 0.05) is 10.9 Å². The molecule has 9 heteroatoms. The van der Waals surface area contributed by atoms with Gasteiger partial charge >= 0.3 is 11.9 Å². The number of nitrogens with one attached hydrogen (secondary N) is 1. The first-order valence-electron chi connectivity index (χ1n) is 11.2. The minimum Gasteiger partial charge on any atom is -0.480 e. The molecule has 0 saturated carbocycles. The summed E-state index contributed by atoms with van der Waals surface area (Å²) in [7, 11) is -4.01. The fourth-order valence-corrected chi connectivity index (χ4v) is 5.11. The maximum Gasteiger partial charge on any atom is 0.379 e. The Bertz CT molecular complexity index is 1520. The second kappa shape index (κ2) is 9.96. The summed E-state index contributed by atoms with van der Waals surface area (Å²) in [5, 5.41) is 10.1. The summed E-state index contributed by atoms with van der Waals surface area (Å²) in [5.74, 6) is -1.77. The standard InChI is InChI=1S/C27H25NO7S/c1-16(2)24(26(29)30)28-36(32,33)21-14-10-19(11-15-21)18-8-12-20(13-9-18)34-27(31)25-17(3)22-6-4-5-7-23(22)35-25/h4-16,24,28H,1-3H3,(H,29,30). The molecule has 0 amide bonds. The zero-order valence-electron chi connectivity index (χ0n) is 19.9. The van der Waals surface area contributed by atoms with Crippen molar-refractivity contribution in [3.63, 3.8) is 0 Å². The number of carbonyl (C=O) groups excluding carboxylic acids is 1. The van der Waals surface area contributed by atoms with Crippen LogP contribution in [0.4, 0.5) is 0 Å². The van der Waals surface area contributed by atoms with Crippen molar-refractivity contribution in [2.75, 3.05) is 0 Å². The van der Waals surface area contributed by atoms with Gasteiger partial charge in [0.1, 0.15) is 17.4 Å². The van der Waals surface area contributed by atoms with E-state index in [-0.39, 0.29) is 10.7 Å². The molecule has 2 N–H and O–H groups in total. The third kappa shape index (κ3) is 5.17. The third-order valence-electron chi connectivity index (χ3n) is 5.81. The lowest BCUT2D eigenvalue weighted by molar-refractivity contribution is -0.140. The summed E-state index contributed by atoms with van der Waals surface area (Å²) < 4.78 is 38.6. The van der Waals surface area contributed by atoms with Crippen LogP contribution in [0.5, 0.6) is 5.75 Å². The minimum absolute atomic E-state index is 0.0371. The normalized spacial score (nSPS) is 12.6. The van der Waals surface area contributed by atoms with E-state index in [1.807, 2.05) is 18.2 Å². The smallest absolute Gasteiger partial charge is 0.379 e. The highest BCUT2D eigenvalue weighted by Gasteiger charge is 2.28. The number of carbonyl (C=O) groups is 2. The van der Waals surface area contributed by atoms with Crippen molar-refractivity contribution in [1.82, 2.24) is 4.72 Å². The second-order valence-electron chi connectivity index (χ2n) is 8.67. The van der Waals surface area contributed by atoms with E-state index >= 15 is 0 Å². The molecule has 1 aromatic heterocycles. The zero-order chi connectivity index (χ0) is 26.0. The summed E-state index contributed by atoms with van der Waals surface area (Å²) in [5.41, 5.74) is 2.83. The molecule has 4 aromatic rings. The van der Waals surface area contributed by atoms with Gasteiger partial charge in [-0.05, 0) is 54.3 Å². The Balaban J connectivity index is 1.47. The molecule has 4 rings (SSSR count). The van der Waals surface area contributed by atoms with Gasteiger partial charge in [0.15, 0.2) is 0 Å². The predicted molar refractivity (Wildman–Crippen MR) is 134 cm³/mol. The molecule has 0 aliphatic carbocycles. The van der Waals surface area contributed by atoms with Crippen LogP contribution >= 0.6 is 0 Å². The molecular weight excluding hydrogens is 482 g/mol. The van der Waals surface area contributed by atoms with Gasteiger partial charge < -0.3 is 14.3 Å². The Kier molecular flexibility index (Phi) is 6.96. The molecule has 1 unspecified atom stereocenters. The van der Waals surface area contributed by atoms with Gasteiger partial charge in [0.25, 0.3) is 0 Å². The SMILES string of the molecule is Cc1c(C(=O)Oc2ccc(-c3ccc(S(=O)(=O)NC(C(=O)O)C(C)C)cc3)cc2)oc2ccccc12. The number of esters is 1. The summed E-state index contributed by atoms with van der Waals surface area (Å²) in [6.07, 6.45) is 0. The van der Waals surface area contributed by atoms with Crippen LogP contribution in [0.25, 0.3) is 22.1 Å². The van der Waals surface area contributed by atoms with Crippen LogP contribution in [0.2, 0.25) is 0 Å². The molecule has 36 heavy (non-hydrogen) atoms. The molecule has 0 radical (unpaired) electrons. The van der Waals surface area contributed by atoms with Gasteiger partial charge in [-0.3, -0.25) is 4.79 Å². The zero-order valence-corrected chi connectivity index (χ0v) is 20.7. The number of carboxylic acids is 1. The first kappa shape index (κ1) is 25.2. The third-order valence-corrected chi connectivity index (χ3v) is 7.26. The monoisotopic (exact) mass is 507 g/mol. The summed E-state index contributed by atoms with van der Waals surface area (Å²) >= 11 is 0. The van der Waals surface area contributed by atoms with Crippen LogP contribution in [0.1, 0.15) is 30.0 Å². The average molecular weight is 508 g/mol. The van der Waals surface area contributed by atoms with Crippen molar-refractivity contribution in [1.29, 1.82) is 0 Å². The largest absolute Gasteiger partial charge is 0.480 e. The Morgan fingerprint density at radius 2 is 1.50 bits per heavy atom. The van der Waals surface area contributed by atoms with Gasteiger partial charge in [-0.2, -0.15) is 4.72 Å². The molecule has 8 nitrogen and oxygen atoms in total. The van der Waals surface area contributed by atoms with E-state index in [1.54, 1.807) is 63.2 Å². The number of hydrogen-bond donors (Lipinski definition) is 2. The van der Waals surface area contributed by atoms with E-state index in [0.29, 0.717) is 16.9 Å². The number of aliphatic carboxylic acids is 1. The summed E-state index contributed by atoms with van der Waals surface area (Å²) in [4.78, 5) is 24.0. The maximum absolute atomic E-state index is 12.6. The van der Waals surface area contributed by atoms with Crippen LogP contribution in [0.3, 0.4) is 0 Å². The second-order valence-corrected chi connectivity index (χ2v) is 10.4. The van der Waals surface area contributed by atoms with Crippen LogP contribution in [-0.2, 0) is 14.8 Å². The maximum atomic E-state index is 12.6. The quantitative estimate of drug-likeness (QED) is 0.254. The number of hydrogen-bond acceptors (Lipinski definition) is 6. The molecule has 0 bridgehead atoms. The van der Waals surface area contributed by atoms with E-state index < -0.39 is 33.9 Å². The summed E-state index contributed by atoms with van der Waals surface area (Å²) in [6.45, 7) is 5.06. The lowest BCUT2D eigenvalue weighted by Crippen LogP contribution is -2.44. The van der Waals surface area contributed by atoms with E-state index in [2.05, 4.69) is 4.72 Å². The molecule has 1 heterocycles. The Labute approximate surface area is 208 Å². The number of sulfonamides is 1. The van der Waals surface area contributed by atoms with E-state index in [0.717, 1.165) is 16.5 Å². The van der Waals surface area contributed by atoms with E-state index in [9.17, 15) is 23.1 Å². The van der Waals surface area contributed by atoms with Gasteiger partial charge in [-0.15, -0.1) is 0 Å². The number of fused-ring (bicyclic) bond motifs is 1. The van der Waals surface area contributed by atoms with Gasteiger partial charge in [0.2, 0.25) is 15.8 Å². The van der Waals surface area contributed by atoms with Crippen molar-refractivity contribution < 1.29 is 32.3 Å². The molecule has 186 valence electrons. The Morgan fingerprint density at radius 1 is 0.917 bits per heavy atom. The fraction of sp³-hybridized carbons (Fsp3) is 0.185. The molecule has 0 aliphatic heterocycles. The van der Waals surface area contributed by atoms with E-state index in [4.69, 9.17) is 9.15 Å². The number of para-hydroxylation sites is 1. The topological polar surface area (TPSA) is 123 Å². The van der Waals surface area contributed by atoms with Gasteiger partial charge in [-0.25, -0.2) is 13.2 Å². The summed E-state index contributed by atoms with van der Waals surface area (Å²) in [6, 6.07) is 19.0. The van der Waals surface area contributed by atoms with Gasteiger partial charge in [0.05, 0.1) is 4.90 Å². The minimum atomic E-state index is -4.01. The highest BCUT2D eigenvalue weighted by atomic mass is 32.2. The number of carboxylic acid groups (broad SMARTS) is 1. The first-order valence-corrected chi connectivity index (χ1v) is 12.7. The number of benzene rings is 3. The number of furan rings is 1.